The second-order valence-corrected chi connectivity index (χ2v) is 7.83. The fourth-order valence-corrected chi connectivity index (χ4v) is 2.89. The van der Waals surface area contributed by atoms with Crippen molar-refractivity contribution in [3.8, 4) is 5.75 Å². The normalized spacial score (nSPS) is 16.9. The van der Waals surface area contributed by atoms with Crippen LogP contribution in [-0.4, -0.2) is 50.9 Å². The lowest BCUT2D eigenvalue weighted by Gasteiger charge is -2.28. The van der Waals surface area contributed by atoms with Gasteiger partial charge in [0, 0.05) is 19.3 Å². The molecule has 2 rings (SSSR count). The summed E-state index contributed by atoms with van der Waals surface area (Å²) in [5.74, 6) is 0.478. The van der Waals surface area contributed by atoms with E-state index >= 15 is 0 Å². The number of ether oxygens (including phenoxy) is 1. The summed E-state index contributed by atoms with van der Waals surface area (Å²) in [5.41, 5.74) is 2.27. The molecule has 22 heavy (non-hydrogen) atoms. The Morgan fingerprint density at radius 1 is 1.27 bits per heavy atom. The van der Waals surface area contributed by atoms with Gasteiger partial charge in [-0.1, -0.05) is 18.2 Å². The summed E-state index contributed by atoms with van der Waals surface area (Å²) in [4.78, 5) is 13.8. The van der Waals surface area contributed by atoms with E-state index in [0.29, 0.717) is 19.5 Å². The zero-order valence-electron chi connectivity index (χ0n) is 13.1. The second kappa shape index (κ2) is 6.52. The minimum atomic E-state index is -3.35. The van der Waals surface area contributed by atoms with E-state index in [1.54, 1.807) is 12.0 Å². The van der Waals surface area contributed by atoms with E-state index in [1.807, 2.05) is 30.3 Å². The highest BCUT2D eigenvalue weighted by Gasteiger charge is 2.29. The van der Waals surface area contributed by atoms with Crippen LogP contribution in [0.25, 0.3) is 5.57 Å². The summed E-state index contributed by atoms with van der Waals surface area (Å²) in [7, 11) is -1.72. The van der Waals surface area contributed by atoms with Gasteiger partial charge in [0.05, 0.1) is 7.11 Å². The summed E-state index contributed by atoms with van der Waals surface area (Å²) in [6, 6.07) is 7.78. The van der Waals surface area contributed by atoms with Crippen molar-refractivity contribution in [1.82, 2.24) is 4.90 Å². The van der Waals surface area contributed by atoms with Crippen molar-refractivity contribution in [1.29, 1.82) is 0 Å². The highest BCUT2D eigenvalue weighted by atomic mass is 32.2. The molecule has 0 spiro atoms. The Balaban J connectivity index is 2.07. The molecule has 0 aromatic heterocycles. The molecule has 120 valence electrons. The molecular formula is C16H21NO4S. The molecule has 0 aliphatic carbocycles. The first-order valence-corrected chi connectivity index (χ1v) is 9.09. The van der Waals surface area contributed by atoms with E-state index in [4.69, 9.17) is 4.74 Å². The van der Waals surface area contributed by atoms with Crippen LogP contribution in [0.15, 0.2) is 30.3 Å². The minimum absolute atomic E-state index is 0.326. The quantitative estimate of drug-likeness (QED) is 0.847. The van der Waals surface area contributed by atoms with Gasteiger partial charge in [0.2, 0.25) is 5.91 Å². The van der Waals surface area contributed by atoms with Gasteiger partial charge in [-0.05, 0) is 36.6 Å². The molecule has 0 radical (unpaired) electrons. The third-order valence-corrected chi connectivity index (χ3v) is 5.46. The largest absolute Gasteiger partial charge is 0.497 e. The molecule has 6 heteroatoms. The van der Waals surface area contributed by atoms with Gasteiger partial charge < -0.3 is 9.64 Å². The summed E-state index contributed by atoms with van der Waals surface area (Å²) in [6.07, 6.45) is 3.80. The van der Waals surface area contributed by atoms with Crippen LogP contribution in [0, 0.1) is 0 Å². The van der Waals surface area contributed by atoms with Crippen LogP contribution in [0.5, 0.6) is 5.75 Å². The highest BCUT2D eigenvalue weighted by molar-refractivity contribution is 7.92. The Morgan fingerprint density at radius 3 is 2.36 bits per heavy atom. The van der Waals surface area contributed by atoms with Gasteiger partial charge >= 0.3 is 0 Å². The van der Waals surface area contributed by atoms with Crippen LogP contribution in [-0.2, 0) is 14.6 Å². The molecule has 0 saturated carbocycles. The Labute approximate surface area is 131 Å². The van der Waals surface area contributed by atoms with Crippen molar-refractivity contribution < 1.29 is 17.9 Å². The van der Waals surface area contributed by atoms with Gasteiger partial charge in [0.1, 0.15) is 11.0 Å². The first kappa shape index (κ1) is 16.5. The van der Waals surface area contributed by atoms with Crippen LogP contribution >= 0.6 is 0 Å². The molecule has 1 aromatic rings. The number of carbonyl (C=O) groups is 1. The fraction of sp³-hybridized carbons (Fsp3) is 0.438. The number of hydrogen-bond acceptors (Lipinski definition) is 4. The smallest absolute Gasteiger partial charge is 0.240 e. The van der Waals surface area contributed by atoms with Crippen molar-refractivity contribution in [3.05, 3.63) is 35.9 Å². The third-order valence-electron chi connectivity index (χ3n) is 3.97. The number of hydrogen-bond donors (Lipinski definition) is 0. The summed E-state index contributed by atoms with van der Waals surface area (Å²) >= 11 is 0. The highest BCUT2D eigenvalue weighted by Crippen LogP contribution is 2.24. The van der Waals surface area contributed by atoms with Crippen LogP contribution < -0.4 is 4.74 Å². The Hall–Kier alpha value is -1.82. The zero-order valence-corrected chi connectivity index (χ0v) is 13.9. The summed E-state index contributed by atoms with van der Waals surface area (Å²) in [6.45, 7) is 2.43. The molecule has 0 N–H and O–H groups in total. The van der Waals surface area contributed by atoms with Gasteiger partial charge in [0.25, 0.3) is 0 Å². The molecule has 1 aliphatic rings. The van der Waals surface area contributed by atoms with Gasteiger partial charge in [-0.2, -0.15) is 0 Å². The number of amides is 1. The van der Waals surface area contributed by atoms with Crippen molar-refractivity contribution >= 4 is 21.3 Å². The van der Waals surface area contributed by atoms with Crippen molar-refractivity contribution in [2.24, 2.45) is 0 Å². The molecule has 0 bridgehead atoms. The van der Waals surface area contributed by atoms with Crippen LogP contribution in [0.2, 0.25) is 0 Å². The van der Waals surface area contributed by atoms with E-state index in [9.17, 15) is 13.2 Å². The van der Waals surface area contributed by atoms with Crippen molar-refractivity contribution in [2.45, 2.75) is 18.6 Å². The lowest BCUT2D eigenvalue weighted by Crippen LogP contribution is -2.43. The molecule has 0 unspecified atom stereocenters. The van der Waals surface area contributed by atoms with Crippen LogP contribution in [0.4, 0.5) is 0 Å². The molecule has 5 nitrogen and oxygen atoms in total. The lowest BCUT2D eigenvalue weighted by molar-refractivity contribution is -0.130. The van der Waals surface area contributed by atoms with Gasteiger partial charge in [0.15, 0.2) is 9.84 Å². The Morgan fingerprint density at radius 2 is 1.91 bits per heavy atom. The molecule has 1 aromatic carbocycles. The maximum absolute atomic E-state index is 12.2. The third kappa shape index (κ3) is 3.68. The molecule has 1 amide bonds. The minimum Gasteiger partial charge on any atom is -0.497 e. The standard InChI is InChI=1S/C16H21NO4S/c1-12(22(3,19)20)16(18)17-10-8-14(9-11-17)13-4-6-15(21-2)7-5-13/h4-8,12H,9-11H2,1-3H3/t12-/m1/s1. The second-order valence-electron chi connectivity index (χ2n) is 5.46. The van der Waals surface area contributed by atoms with E-state index in [0.717, 1.165) is 17.6 Å². The molecular weight excluding hydrogens is 302 g/mol. The van der Waals surface area contributed by atoms with Crippen molar-refractivity contribution in [3.63, 3.8) is 0 Å². The van der Waals surface area contributed by atoms with Crippen molar-refractivity contribution in [2.75, 3.05) is 26.5 Å². The number of rotatable bonds is 4. The maximum atomic E-state index is 12.2. The predicted molar refractivity (Wildman–Crippen MR) is 86.5 cm³/mol. The first-order chi connectivity index (χ1) is 10.3. The molecule has 1 heterocycles. The molecule has 0 saturated heterocycles. The van der Waals surface area contributed by atoms with E-state index in [1.165, 1.54) is 12.5 Å². The molecule has 1 aliphatic heterocycles. The average Bonchev–Trinajstić information content (AvgIpc) is 2.53. The topological polar surface area (TPSA) is 63.7 Å². The number of methoxy groups -OCH3 is 1. The summed E-state index contributed by atoms with van der Waals surface area (Å²) < 4.78 is 28.1. The summed E-state index contributed by atoms with van der Waals surface area (Å²) in [5, 5.41) is -0.983. The monoisotopic (exact) mass is 323 g/mol. The van der Waals surface area contributed by atoms with Gasteiger partial charge in [-0.3, -0.25) is 4.79 Å². The van der Waals surface area contributed by atoms with E-state index < -0.39 is 15.1 Å². The fourth-order valence-electron chi connectivity index (χ4n) is 2.38. The van der Waals surface area contributed by atoms with E-state index in [-0.39, 0.29) is 5.91 Å². The van der Waals surface area contributed by atoms with Crippen LogP contribution in [0.1, 0.15) is 18.9 Å². The van der Waals surface area contributed by atoms with Gasteiger partial charge in [-0.15, -0.1) is 0 Å². The number of carbonyl (C=O) groups excluding carboxylic acids is 1. The lowest BCUT2D eigenvalue weighted by atomic mass is 9.99. The Bertz CT molecular complexity index is 677. The zero-order chi connectivity index (χ0) is 16.3. The molecule has 1 atom stereocenters. The van der Waals surface area contributed by atoms with Gasteiger partial charge in [-0.25, -0.2) is 8.42 Å². The predicted octanol–water partition coefficient (Wildman–Crippen LogP) is 1.74. The van der Waals surface area contributed by atoms with Crippen LogP contribution in [0.3, 0.4) is 0 Å². The molecule has 0 fully saturated rings. The maximum Gasteiger partial charge on any atom is 0.240 e. The first-order valence-electron chi connectivity index (χ1n) is 7.14. The SMILES string of the molecule is COc1ccc(C2=CCN(C(=O)[C@@H](C)S(C)(=O)=O)CC2)cc1. The number of sulfone groups is 1. The van der Waals surface area contributed by atoms with E-state index in [2.05, 4.69) is 0 Å². The number of nitrogens with zero attached hydrogens (tertiary/aromatic N) is 1. The number of benzene rings is 1. The average molecular weight is 323 g/mol. The Kier molecular flexibility index (Phi) is 4.90.